The summed E-state index contributed by atoms with van der Waals surface area (Å²) < 4.78 is 10.8. The molecule has 8 heteroatoms. The van der Waals surface area contributed by atoms with E-state index < -0.39 is 0 Å². The molecule has 8 nitrogen and oxygen atoms in total. The Morgan fingerprint density at radius 1 is 1.31 bits per heavy atom. The van der Waals surface area contributed by atoms with E-state index in [-0.39, 0.29) is 18.0 Å². The van der Waals surface area contributed by atoms with Crippen LogP contribution in [0.15, 0.2) is 23.0 Å². The molecule has 1 fully saturated rings. The van der Waals surface area contributed by atoms with Crippen LogP contribution in [0.2, 0.25) is 0 Å². The van der Waals surface area contributed by atoms with Crippen molar-refractivity contribution < 1.29 is 14.3 Å². The fourth-order valence-corrected chi connectivity index (χ4v) is 4.22. The van der Waals surface area contributed by atoms with Gasteiger partial charge in [0, 0.05) is 42.7 Å². The molecule has 1 aliphatic heterocycles. The molecule has 1 aromatic carbocycles. The summed E-state index contributed by atoms with van der Waals surface area (Å²) in [5.41, 5.74) is 3.25. The van der Waals surface area contributed by atoms with Gasteiger partial charge in [-0.1, -0.05) is 0 Å². The number of H-pyrrole nitrogens is 1. The van der Waals surface area contributed by atoms with Gasteiger partial charge in [-0.25, -0.2) is 0 Å². The second-order valence-electron chi connectivity index (χ2n) is 7.92. The monoisotopic (exact) mass is 438 g/mol. The summed E-state index contributed by atoms with van der Waals surface area (Å²) in [6.07, 6.45) is 1.81. The highest BCUT2D eigenvalue weighted by molar-refractivity contribution is 5.97. The fourth-order valence-electron chi connectivity index (χ4n) is 4.22. The highest BCUT2D eigenvalue weighted by atomic mass is 16.5. The number of benzene rings is 1. The van der Waals surface area contributed by atoms with Crippen molar-refractivity contribution in [3.8, 4) is 11.8 Å². The van der Waals surface area contributed by atoms with Gasteiger partial charge in [0.05, 0.1) is 30.9 Å². The largest absolute Gasteiger partial charge is 0.496 e. The number of anilines is 1. The summed E-state index contributed by atoms with van der Waals surface area (Å²) in [5.74, 6) is 0.0809. The first-order chi connectivity index (χ1) is 15.4. The molecule has 170 valence electrons. The number of aromatic nitrogens is 1. The number of hydrogen-bond donors (Lipinski definition) is 2. The maximum atomic E-state index is 13.1. The molecule has 2 aromatic rings. The number of amides is 1. The highest BCUT2D eigenvalue weighted by Gasteiger charge is 2.24. The molecular formula is C24H30N4O4. The van der Waals surface area contributed by atoms with Crippen molar-refractivity contribution in [2.75, 3.05) is 31.8 Å². The normalized spacial score (nSPS) is 14.0. The van der Waals surface area contributed by atoms with Gasteiger partial charge in [0.1, 0.15) is 5.75 Å². The molecule has 1 saturated heterocycles. The molecule has 32 heavy (non-hydrogen) atoms. The second-order valence-corrected chi connectivity index (χ2v) is 7.92. The number of nitrogens with zero attached hydrogens (tertiary/aromatic N) is 2. The third-order valence-electron chi connectivity index (χ3n) is 5.91. The lowest BCUT2D eigenvalue weighted by Gasteiger charge is -2.36. The Hall–Kier alpha value is -3.31. The smallest absolute Gasteiger partial charge is 0.256 e. The van der Waals surface area contributed by atoms with E-state index in [1.807, 2.05) is 13.0 Å². The standard InChI is InChI=1S/C24H30N4O4/c1-5-28(18-6-8-32-9-7-18)21-12-17(13-25)11-19(16(21)3)23(29)26-14-20-22(31-4)10-15(2)27-24(20)30/h10-12,18H,5-9,14H2,1-4H3,(H,26,29)(H,27,30). The molecule has 1 aliphatic rings. The van der Waals surface area contributed by atoms with E-state index >= 15 is 0 Å². The van der Waals surface area contributed by atoms with E-state index in [0.717, 1.165) is 30.6 Å². The number of carbonyl (C=O) groups excluding carboxylic acids is 1. The van der Waals surface area contributed by atoms with Crippen molar-refractivity contribution in [3.05, 3.63) is 56.5 Å². The maximum absolute atomic E-state index is 13.1. The van der Waals surface area contributed by atoms with Crippen LogP contribution in [-0.4, -0.2) is 43.8 Å². The molecular weight excluding hydrogens is 408 g/mol. The van der Waals surface area contributed by atoms with Crippen molar-refractivity contribution in [2.24, 2.45) is 0 Å². The lowest BCUT2D eigenvalue weighted by molar-refractivity contribution is 0.0845. The molecule has 1 aromatic heterocycles. The molecule has 2 N–H and O–H groups in total. The third-order valence-corrected chi connectivity index (χ3v) is 5.91. The van der Waals surface area contributed by atoms with Gasteiger partial charge in [-0.2, -0.15) is 5.26 Å². The first-order valence-corrected chi connectivity index (χ1v) is 10.8. The zero-order chi connectivity index (χ0) is 23.3. The van der Waals surface area contributed by atoms with Crippen LogP contribution in [0.4, 0.5) is 5.69 Å². The molecule has 0 spiro atoms. The van der Waals surface area contributed by atoms with E-state index in [1.54, 1.807) is 19.1 Å². The second kappa shape index (κ2) is 10.3. The summed E-state index contributed by atoms with van der Waals surface area (Å²) in [7, 11) is 1.49. The van der Waals surface area contributed by atoms with Crippen LogP contribution in [0, 0.1) is 25.2 Å². The molecule has 1 amide bonds. The molecule has 0 radical (unpaired) electrons. The van der Waals surface area contributed by atoms with Gasteiger partial charge in [-0.15, -0.1) is 0 Å². The van der Waals surface area contributed by atoms with E-state index in [1.165, 1.54) is 7.11 Å². The van der Waals surface area contributed by atoms with Crippen molar-refractivity contribution in [1.82, 2.24) is 10.3 Å². The summed E-state index contributed by atoms with van der Waals surface area (Å²) in [5, 5.41) is 12.4. The summed E-state index contributed by atoms with van der Waals surface area (Å²) >= 11 is 0. The Kier molecular flexibility index (Phi) is 7.54. The SMILES string of the molecule is CCN(c1cc(C#N)cc(C(=O)NCc2c(OC)cc(C)[nH]c2=O)c1C)C1CCOCC1. The first-order valence-electron chi connectivity index (χ1n) is 10.8. The summed E-state index contributed by atoms with van der Waals surface area (Å²) in [4.78, 5) is 30.4. The minimum atomic E-state index is -0.342. The Balaban J connectivity index is 1.91. The van der Waals surface area contributed by atoms with Crippen molar-refractivity contribution in [3.63, 3.8) is 0 Å². The van der Waals surface area contributed by atoms with Crippen molar-refractivity contribution >= 4 is 11.6 Å². The predicted molar refractivity (Wildman–Crippen MR) is 122 cm³/mol. The molecule has 2 heterocycles. The van der Waals surface area contributed by atoms with Crippen LogP contribution in [0.1, 0.15) is 52.5 Å². The van der Waals surface area contributed by atoms with Crippen LogP contribution >= 0.6 is 0 Å². The minimum Gasteiger partial charge on any atom is -0.496 e. The number of aromatic amines is 1. The van der Waals surface area contributed by atoms with Gasteiger partial charge < -0.3 is 24.7 Å². The number of nitrogens with one attached hydrogen (secondary N) is 2. The highest BCUT2D eigenvalue weighted by Crippen LogP contribution is 2.30. The molecule has 0 bridgehead atoms. The van der Waals surface area contributed by atoms with Crippen LogP contribution in [0.5, 0.6) is 5.75 Å². The zero-order valence-corrected chi connectivity index (χ0v) is 19.1. The topological polar surface area (TPSA) is 107 Å². The number of carbonyl (C=O) groups is 1. The van der Waals surface area contributed by atoms with Crippen molar-refractivity contribution in [2.45, 2.75) is 46.2 Å². The van der Waals surface area contributed by atoms with Gasteiger partial charge in [0.25, 0.3) is 11.5 Å². The van der Waals surface area contributed by atoms with Gasteiger partial charge in [-0.05, 0) is 57.4 Å². The molecule has 0 aliphatic carbocycles. The first kappa shape index (κ1) is 23.4. The third kappa shape index (κ3) is 4.94. The van der Waals surface area contributed by atoms with Crippen LogP contribution in [0.25, 0.3) is 0 Å². The van der Waals surface area contributed by atoms with Crippen LogP contribution < -0.4 is 20.5 Å². The number of aryl methyl sites for hydroxylation is 1. The number of nitriles is 1. The van der Waals surface area contributed by atoms with Crippen molar-refractivity contribution in [1.29, 1.82) is 5.26 Å². The molecule has 3 rings (SSSR count). The van der Waals surface area contributed by atoms with Gasteiger partial charge in [0.15, 0.2) is 0 Å². The Morgan fingerprint density at radius 2 is 2.03 bits per heavy atom. The van der Waals surface area contributed by atoms with E-state index in [4.69, 9.17) is 9.47 Å². The molecule has 0 atom stereocenters. The number of hydrogen-bond acceptors (Lipinski definition) is 6. The molecule has 0 unspecified atom stereocenters. The van der Waals surface area contributed by atoms with Gasteiger partial charge in [0.2, 0.25) is 0 Å². The predicted octanol–water partition coefficient (Wildman–Crippen LogP) is 2.81. The lowest BCUT2D eigenvalue weighted by atomic mass is 9.98. The van der Waals surface area contributed by atoms with Gasteiger partial charge >= 0.3 is 0 Å². The van der Waals surface area contributed by atoms with Crippen LogP contribution in [0.3, 0.4) is 0 Å². The quantitative estimate of drug-likeness (QED) is 0.688. The number of methoxy groups -OCH3 is 1. The maximum Gasteiger partial charge on any atom is 0.256 e. The van der Waals surface area contributed by atoms with E-state index in [0.29, 0.717) is 47.4 Å². The summed E-state index contributed by atoms with van der Waals surface area (Å²) in [6, 6.07) is 7.64. The number of ether oxygens (including phenoxy) is 2. The van der Waals surface area contributed by atoms with Gasteiger partial charge in [-0.3, -0.25) is 9.59 Å². The average Bonchev–Trinajstić information content (AvgIpc) is 2.80. The Morgan fingerprint density at radius 3 is 2.66 bits per heavy atom. The Bertz CT molecular complexity index is 1080. The average molecular weight is 439 g/mol. The number of pyridine rings is 1. The summed E-state index contributed by atoms with van der Waals surface area (Å²) in [6.45, 7) is 7.92. The minimum absolute atomic E-state index is 0.0145. The van der Waals surface area contributed by atoms with E-state index in [9.17, 15) is 14.9 Å². The fraction of sp³-hybridized carbons (Fsp3) is 0.458. The Labute approximate surface area is 188 Å². The van der Waals surface area contributed by atoms with E-state index in [2.05, 4.69) is 28.2 Å². The zero-order valence-electron chi connectivity index (χ0n) is 19.1. The van der Waals surface area contributed by atoms with Crippen LogP contribution in [-0.2, 0) is 11.3 Å². The number of rotatable bonds is 7. The lowest BCUT2D eigenvalue weighted by Crippen LogP contribution is -2.40. The molecule has 0 saturated carbocycles.